The maximum Gasteiger partial charge on any atom is 0.410 e. The highest BCUT2D eigenvalue weighted by Crippen LogP contribution is 2.34. The van der Waals surface area contributed by atoms with E-state index in [2.05, 4.69) is 6.07 Å². The van der Waals surface area contributed by atoms with Gasteiger partial charge in [-0.15, -0.1) is 0 Å². The Balaban J connectivity index is 1.47. The number of hydrogen-bond acceptors (Lipinski definition) is 5. The highest BCUT2D eigenvalue weighted by Gasteiger charge is 2.44. The molecule has 2 saturated heterocycles. The van der Waals surface area contributed by atoms with Gasteiger partial charge in [-0.1, -0.05) is 42.0 Å². The normalized spacial score (nSPS) is 22.8. The lowest BCUT2D eigenvalue weighted by Gasteiger charge is -2.47. The average Bonchev–Trinajstić information content (AvgIpc) is 2.76. The van der Waals surface area contributed by atoms with Gasteiger partial charge in [0.1, 0.15) is 6.61 Å². The van der Waals surface area contributed by atoms with E-state index < -0.39 is 0 Å². The molecule has 154 valence electrons. The van der Waals surface area contributed by atoms with Crippen molar-refractivity contribution in [3.63, 3.8) is 0 Å². The number of aryl methyl sites for hydroxylation is 1. The summed E-state index contributed by atoms with van der Waals surface area (Å²) in [6.45, 7) is 2.90. The van der Waals surface area contributed by atoms with Crippen molar-refractivity contribution in [2.45, 2.75) is 38.5 Å². The Hall–Kier alpha value is -3.17. The molecule has 6 nitrogen and oxygen atoms in total. The van der Waals surface area contributed by atoms with Crippen LogP contribution in [0.2, 0.25) is 0 Å². The second-order valence-corrected chi connectivity index (χ2v) is 7.99. The van der Waals surface area contributed by atoms with Gasteiger partial charge < -0.3 is 9.47 Å². The fraction of sp³-hybridized carbons (Fsp3) is 0.375. The molecule has 2 aliphatic rings. The standard InChI is InChI=1S/C24H24N2O4/c1-16-7-8-18(12-25)22(9-16)23(27)19-10-20-14-29-15-21(11-19)26(20)24(28)30-13-17-5-3-2-4-6-17/h2-9,19-21H,10-11,13-15H2,1H3. The Morgan fingerprint density at radius 3 is 2.50 bits per heavy atom. The minimum absolute atomic E-state index is 0.0237. The molecule has 0 saturated carbocycles. The van der Waals surface area contributed by atoms with Gasteiger partial charge in [-0.3, -0.25) is 9.69 Å². The van der Waals surface area contributed by atoms with E-state index >= 15 is 0 Å². The van der Waals surface area contributed by atoms with Gasteiger partial charge >= 0.3 is 6.09 Å². The topological polar surface area (TPSA) is 79.6 Å². The molecule has 0 N–H and O–H groups in total. The van der Waals surface area contributed by atoms with Crippen LogP contribution in [0, 0.1) is 24.2 Å². The Kier molecular flexibility index (Phi) is 5.82. The summed E-state index contributed by atoms with van der Waals surface area (Å²) in [6, 6.07) is 16.6. The number of nitrogens with zero attached hydrogens (tertiary/aromatic N) is 2. The van der Waals surface area contributed by atoms with Crippen LogP contribution in [0.1, 0.15) is 39.9 Å². The molecule has 2 aliphatic heterocycles. The molecule has 0 radical (unpaired) electrons. The molecule has 2 aromatic rings. The number of hydrogen-bond donors (Lipinski definition) is 0. The van der Waals surface area contributed by atoms with E-state index in [9.17, 15) is 14.9 Å². The van der Waals surface area contributed by atoms with Crippen LogP contribution >= 0.6 is 0 Å². The lowest BCUT2D eigenvalue weighted by Crippen LogP contribution is -2.60. The zero-order valence-electron chi connectivity index (χ0n) is 16.9. The number of nitriles is 1. The molecule has 0 aliphatic carbocycles. The van der Waals surface area contributed by atoms with E-state index in [4.69, 9.17) is 9.47 Å². The fourth-order valence-electron chi connectivity index (χ4n) is 4.40. The molecular weight excluding hydrogens is 380 g/mol. The predicted octanol–water partition coefficient (Wildman–Crippen LogP) is 3.87. The minimum atomic E-state index is -0.365. The number of Topliss-reactive ketones (excluding diaryl/α,β-unsaturated/α-hetero) is 1. The number of ether oxygens (including phenoxy) is 2. The van der Waals surface area contributed by atoms with Crippen LogP contribution in [0.5, 0.6) is 0 Å². The van der Waals surface area contributed by atoms with E-state index in [0.717, 1.165) is 11.1 Å². The molecule has 6 heteroatoms. The Morgan fingerprint density at radius 2 is 1.83 bits per heavy atom. The van der Waals surface area contributed by atoms with Crippen molar-refractivity contribution in [2.75, 3.05) is 13.2 Å². The number of ketones is 1. The monoisotopic (exact) mass is 404 g/mol. The number of carbonyl (C=O) groups is 2. The van der Waals surface area contributed by atoms with Gasteiger partial charge in [-0.05, 0) is 37.5 Å². The molecule has 0 aromatic heterocycles. The predicted molar refractivity (Wildman–Crippen MR) is 110 cm³/mol. The Morgan fingerprint density at radius 1 is 1.13 bits per heavy atom. The number of fused-ring (bicyclic) bond motifs is 2. The van der Waals surface area contributed by atoms with Gasteiger partial charge in [-0.25, -0.2) is 4.79 Å². The third-order valence-electron chi connectivity index (χ3n) is 5.87. The zero-order chi connectivity index (χ0) is 21.1. The molecule has 2 heterocycles. The van der Waals surface area contributed by atoms with Crippen LogP contribution in [-0.4, -0.2) is 42.1 Å². The van der Waals surface area contributed by atoms with Crippen molar-refractivity contribution in [1.29, 1.82) is 5.26 Å². The quantitative estimate of drug-likeness (QED) is 0.723. The summed E-state index contributed by atoms with van der Waals surface area (Å²) in [5.41, 5.74) is 2.75. The molecule has 2 atom stereocenters. The first kappa shape index (κ1) is 20.1. The molecule has 30 heavy (non-hydrogen) atoms. The molecule has 0 spiro atoms. The summed E-state index contributed by atoms with van der Waals surface area (Å²) >= 11 is 0. The molecule has 2 unspecified atom stereocenters. The van der Waals surface area contributed by atoms with Crippen LogP contribution in [0.15, 0.2) is 48.5 Å². The third kappa shape index (κ3) is 4.07. The molecule has 1 amide bonds. The zero-order valence-corrected chi connectivity index (χ0v) is 16.9. The highest BCUT2D eigenvalue weighted by atomic mass is 16.6. The number of amides is 1. The first-order valence-corrected chi connectivity index (χ1v) is 10.2. The van der Waals surface area contributed by atoms with Gasteiger partial charge in [0.25, 0.3) is 0 Å². The van der Waals surface area contributed by atoms with Crippen molar-refractivity contribution >= 4 is 11.9 Å². The van der Waals surface area contributed by atoms with Gasteiger partial charge in [0.05, 0.1) is 36.9 Å². The number of carbonyl (C=O) groups excluding carboxylic acids is 2. The van der Waals surface area contributed by atoms with Crippen molar-refractivity contribution in [1.82, 2.24) is 4.90 Å². The van der Waals surface area contributed by atoms with Crippen molar-refractivity contribution in [3.8, 4) is 6.07 Å². The summed E-state index contributed by atoms with van der Waals surface area (Å²) in [5, 5.41) is 9.39. The summed E-state index contributed by atoms with van der Waals surface area (Å²) in [7, 11) is 0. The van der Waals surface area contributed by atoms with Crippen LogP contribution in [0.4, 0.5) is 4.79 Å². The SMILES string of the molecule is Cc1ccc(C#N)c(C(=O)C2CC3COCC(C2)N3C(=O)OCc2ccccc2)c1. The van der Waals surface area contributed by atoms with E-state index in [1.807, 2.05) is 43.3 Å². The van der Waals surface area contributed by atoms with Crippen LogP contribution in [-0.2, 0) is 16.1 Å². The second-order valence-electron chi connectivity index (χ2n) is 7.99. The van der Waals surface area contributed by atoms with Crippen molar-refractivity contribution in [3.05, 3.63) is 70.8 Å². The van der Waals surface area contributed by atoms with Crippen LogP contribution in [0.3, 0.4) is 0 Å². The largest absolute Gasteiger partial charge is 0.445 e. The summed E-state index contributed by atoms with van der Waals surface area (Å²) in [4.78, 5) is 27.8. The van der Waals surface area contributed by atoms with Crippen LogP contribution < -0.4 is 0 Å². The van der Waals surface area contributed by atoms with Gasteiger partial charge in [0, 0.05) is 11.5 Å². The van der Waals surface area contributed by atoms with E-state index in [-0.39, 0.29) is 36.5 Å². The summed E-state index contributed by atoms with van der Waals surface area (Å²) in [6.07, 6.45) is 0.653. The molecule has 2 fully saturated rings. The second kappa shape index (κ2) is 8.68. The molecular formula is C24H24N2O4. The van der Waals surface area contributed by atoms with Crippen molar-refractivity contribution < 1.29 is 19.1 Å². The Bertz CT molecular complexity index is 968. The maximum atomic E-state index is 13.2. The molecule has 2 bridgehead atoms. The van der Waals surface area contributed by atoms with E-state index in [0.29, 0.717) is 37.2 Å². The minimum Gasteiger partial charge on any atom is -0.445 e. The third-order valence-corrected chi connectivity index (χ3v) is 5.87. The number of benzene rings is 2. The van der Waals surface area contributed by atoms with Gasteiger partial charge in [0.2, 0.25) is 0 Å². The maximum absolute atomic E-state index is 13.2. The summed E-state index contributed by atoms with van der Waals surface area (Å²) < 4.78 is 11.2. The first-order valence-electron chi connectivity index (χ1n) is 10.2. The van der Waals surface area contributed by atoms with Crippen LogP contribution in [0.25, 0.3) is 0 Å². The lowest BCUT2D eigenvalue weighted by atomic mass is 9.80. The average molecular weight is 404 g/mol. The van der Waals surface area contributed by atoms with Gasteiger partial charge in [-0.2, -0.15) is 5.26 Å². The fourth-order valence-corrected chi connectivity index (χ4v) is 4.40. The van der Waals surface area contributed by atoms with Crippen molar-refractivity contribution in [2.24, 2.45) is 5.92 Å². The molecule has 4 rings (SSSR count). The lowest BCUT2D eigenvalue weighted by molar-refractivity contribution is -0.0755. The smallest absolute Gasteiger partial charge is 0.410 e. The summed E-state index contributed by atoms with van der Waals surface area (Å²) in [5.74, 6) is -0.263. The number of piperidine rings is 1. The van der Waals surface area contributed by atoms with E-state index in [1.54, 1.807) is 17.0 Å². The first-order chi connectivity index (χ1) is 14.6. The highest BCUT2D eigenvalue weighted by molar-refractivity contribution is 6.00. The number of rotatable bonds is 4. The van der Waals surface area contributed by atoms with Gasteiger partial charge in [0.15, 0.2) is 5.78 Å². The Labute approximate surface area is 176 Å². The van der Waals surface area contributed by atoms with E-state index in [1.165, 1.54) is 0 Å². The number of morpholine rings is 1. The molecule has 2 aromatic carbocycles.